The second-order valence-corrected chi connectivity index (χ2v) is 3.35. The first-order valence-corrected chi connectivity index (χ1v) is 5.24. The predicted molar refractivity (Wildman–Crippen MR) is 64.1 cm³/mol. The van der Waals surface area contributed by atoms with E-state index in [1.807, 2.05) is 0 Å². The molecule has 1 rings (SSSR count). The summed E-state index contributed by atoms with van der Waals surface area (Å²) in [6.45, 7) is -0.436. The fourth-order valence-electron chi connectivity index (χ4n) is 1.08. The van der Waals surface area contributed by atoms with Crippen molar-refractivity contribution >= 4 is 17.7 Å². The molecule has 0 radical (unpaired) electrons. The van der Waals surface area contributed by atoms with E-state index >= 15 is 0 Å². The molecule has 1 aromatic carbocycles. The van der Waals surface area contributed by atoms with Crippen LogP contribution < -0.4 is 21.9 Å². The van der Waals surface area contributed by atoms with Gasteiger partial charge in [-0.1, -0.05) is 18.2 Å². The molecule has 3 amide bonds. The van der Waals surface area contributed by atoms with Crippen molar-refractivity contribution in [3.05, 3.63) is 35.9 Å². The lowest BCUT2D eigenvalue weighted by molar-refractivity contribution is -0.125. The second kappa shape index (κ2) is 7.02. The van der Waals surface area contributed by atoms with Gasteiger partial charge in [0, 0.05) is 5.56 Å². The number of hydrazine groups is 1. The summed E-state index contributed by atoms with van der Waals surface area (Å²) in [6, 6.07) is 8.41. The fourth-order valence-corrected chi connectivity index (χ4v) is 1.08. The molecular weight excluding hydrogens is 236 g/mol. The van der Waals surface area contributed by atoms with Gasteiger partial charge in [0.2, 0.25) is 5.91 Å². The molecule has 7 nitrogen and oxygen atoms in total. The summed E-state index contributed by atoms with van der Waals surface area (Å²) in [7, 11) is 0. The zero-order valence-electron chi connectivity index (χ0n) is 9.60. The molecule has 0 unspecified atom stereocenters. The zero-order chi connectivity index (χ0) is 13.4. The van der Waals surface area contributed by atoms with Gasteiger partial charge in [-0.15, -0.1) is 0 Å². The molecule has 1 aromatic rings. The summed E-state index contributed by atoms with van der Waals surface area (Å²) in [5.74, 6) is -1.42. The lowest BCUT2D eigenvalue weighted by Crippen LogP contribution is -2.47. The maximum Gasteiger partial charge on any atom is 0.269 e. The van der Waals surface area contributed by atoms with E-state index in [4.69, 9.17) is 5.73 Å². The fraction of sp³-hybridized carbons (Fsp3) is 0.182. The van der Waals surface area contributed by atoms with Gasteiger partial charge >= 0.3 is 0 Å². The second-order valence-electron chi connectivity index (χ2n) is 3.35. The molecule has 0 aliphatic rings. The van der Waals surface area contributed by atoms with Crippen LogP contribution in [0.1, 0.15) is 10.4 Å². The van der Waals surface area contributed by atoms with E-state index in [2.05, 4.69) is 16.2 Å². The van der Waals surface area contributed by atoms with Gasteiger partial charge in [-0.25, -0.2) is 0 Å². The number of nitrogens with two attached hydrogens (primary N) is 1. The monoisotopic (exact) mass is 250 g/mol. The molecule has 0 spiro atoms. The molecule has 0 heterocycles. The first-order chi connectivity index (χ1) is 8.63. The van der Waals surface area contributed by atoms with E-state index in [1.54, 1.807) is 30.3 Å². The molecule has 0 aromatic heterocycles. The van der Waals surface area contributed by atoms with E-state index in [9.17, 15) is 14.4 Å². The average Bonchev–Trinajstić information content (AvgIpc) is 2.42. The van der Waals surface area contributed by atoms with Crippen LogP contribution in [0, 0.1) is 0 Å². The van der Waals surface area contributed by atoms with Crippen molar-refractivity contribution < 1.29 is 14.4 Å². The van der Waals surface area contributed by atoms with Gasteiger partial charge in [-0.05, 0) is 12.1 Å². The first-order valence-electron chi connectivity index (χ1n) is 5.24. The number of benzene rings is 1. The number of carbonyl (C=O) groups excluding carboxylic acids is 3. The summed E-state index contributed by atoms with van der Waals surface area (Å²) in [5, 5.41) is 2.27. The Kier molecular flexibility index (Phi) is 5.33. The summed E-state index contributed by atoms with van der Waals surface area (Å²) < 4.78 is 0. The molecule has 7 heteroatoms. The van der Waals surface area contributed by atoms with E-state index in [0.29, 0.717) is 5.56 Å². The van der Waals surface area contributed by atoms with Gasteiger partial charge in [-0.3, -0.25) is 25.2 Å². The molecule has 0 saturated carbocycles. The van der Waals surface area contributed by atoms with Crippen molar-refractivity contribution in [1.29, 1.82) is 0 Å². The lowest BCUT2D eigenvalue weighted by Gasteiger charge is -2.07. The van der Waals surface area contributed by atoms with Crippen LogP contribution in [0.5, 0.6) is 0 Å². The highest BCUT2D eigenvalue weighted by Crippen LogP contribution is 1.96. The molecule has 0 fully saturated rings. The Hall–Kier alpha value is -2.41. The quantitative estimate of drug-likeness (QED) is 0.488. The largest absolute Gasteiger partial charge is 0.346 e. The van der Waals surface area contributed by atoms with Crippen molar-refractivity contribution in [2.45, 2.75) is 0 Å². The molecule has 0 saturated heterocycles. The topological polar surface area (TPSA) is 113 Å². The Balaban J connectivity index is 2.31. The number of nitrogens with one attached hydrogen (secondary N) is 3. The van der Waals surface area contributed by atoms with Gasteiger partial charge in [0.15, 0.2) is 0 Å². The number of hydrogen-bond donors (Lipinski definition) is 4. The third-order valence-corrected chi connectivity index (χ3v) is 1.98. The van der Waals surface area contributed by atoms with Gasteiger partial charge in [0.05, 0.1) is 13.1 Å². The minimum atomic E-state index is -0.541. The summed E-state index contributed by atoms with van der Waals surface area (Å²) in [6.07, 6.45) is 0. The van der Waals surface area contributed by atoms with Gasteiger partial charge in [0.25, 0.3) is 11.8 Å². The van der Waals surface area contributed by atoms with Crippen LogP contribution in [-0.2, 0) is 9.59 Å². The molecule has 0 atom stereocenters. The summed E-state index contributed by atoms with van der Waals surface area (Å²) in [4.78, 5) is 33.5. The van der Waals surface area contributed by atoms with Crippen LogP contribution in [0.4, 0.5) is 0 Å². The van der Waals surface area contributed by atoms with Gasteiger partial charge in [0.1, 0.15) is 0 Å². The minimum absolute atomic E-state index is 0.191. The maximum atomic E-state index is 11.5. The molecule has 18 heavy (non-hydrogen) atoms. The predicted octanol–water partition coefficient (Wildman–Crippen LogP) is -1.48. The van der Waals surface area contributed by atoms with Gasteiger partial charge < -0.3 is 11.1 Å². The third-order valence-electron chi connectivity index (χ3n) is 1.98. The lowest BCUT2D eigenvalue weighted by atomic mass is 10.2. The van der Waals surface area contributed by atoms with Gasteiger partial charge in [-0.2, -0.15) is 0 Å². The highest BCUT2D eigenvalue weighted by Gasteiger charge is 2.07. The Morgan fingerprint density at radius 3 is 2.28 bits per heavy atom. The molecule has 96 valence electrons. The number of amides is 3. The Bertz CT molecular complexity index is 433. The number of hydrogen-bond acceptors (Lipinski definition) is 4. The Morgan fingerprint density at radius 1 is 1.00 bits per heavy atom. The van der Waals surface area contributed by atoms with Crippen LogP contribution >= 0.6 is 0 Å². The van der Waals surface area contributed by atoms with Crippen LogP contribution in [0.15, 0.2) is 30.3 Å². The van der Waals surface area contributed by atoms with E-state index < -0.39 is 17.7 Å². The van der Waals surface area contributed by atoms with Crippen LogP contribution in [0.25, 0.3) is 0 Å². The Labute approximate surface area is 104 Å². The molecule has 0 aliphatic carbocycles. The third kappa shape index (κ3) is 4.62. The minimum Gasteiger partial charge on any atom is -0.346 e. The summed E-state index contributed by atoms with van der Waals surface area (Å²) in [5.41, 5.74) is 9.85. The first kappa shape index (κ1) is 13.7. The molecular formula is C11H14N4O3. The molecule has 5 N–H and O–H groups in total. The standard InChI is InChI=1S/C11H14N4O3/c12-6-9(16)13-7-10(17)14-15-11(18)8-4-2-1-3-5-8/h1-5H,6-7,12H2,(H,13,16)(H,14,17)(H,15,18). The van der Waals surface area contributed by atoms with E-state index in [0.717, 1.165) is 0 Å². The average molecular weight is 250 g/mol. The van der Waals surface area contributed by atoms with Crippen LogP contribution in [0.3, 0.4) is 0 Å². The SMILES string of the molecule is NCC(=O)NCC(=O)NNC(=O)c1ccccc1. The highest BCUT2D eigenvalue weighted by molar-refractivity contribution is 5.95. The van der Waals surface area contributed by atoms with Crippen molar-refractivity contribution in [3.8, 4) is 0 Å². The zero-order valence-corrected chi connectivity index (χ0v) is 9.60. The highest BCUT2D eigenvalue weighted by atomic mass is 16.2. The normalized spacial score (nSPS) is 9.39. The van der Waals surface area contributed by atoms with Crippen molar-refractivity contribution in [1.82, 2.24) is 16.2 Å². The molecule has 0 bridgehead atoms. The smallest absolute Gasteiger partial charge is 0.269 e. The molecule has 0 aliphatic heterocycles. The maximum absolute atomic E-state index is 11.5. The summed E-state index contributed by atoms with van der Waals surface area (Å²) >= 11 is 0. The van der Waals surface area contributed by atoms with Crippen LogP contribution in [-0.4, -0.2) is 30.8 Å². The Morgan fingerprint density at radius 2 is 1.67 bits per heavy atom. The van der Waals surface area contributed by atoms with Crippen molar-refractivity contribution in [3.63, 3.8) is 0 Å². The number of rotatable bonds is 4. The van der Waals surface area contributed by atoms with Crippen molar-refractivity contribution in [2.75, 3.05) is 13.1 Å². The number of carbonyl (C=O) groups is 3. The van der Waals surface area contributed by atoms with E-state index in [-0.39, 0.29) is 13.1 Å². The van der Waals surface area contributed by atoms with E-state index in [1.165, 1.54) is 0 Å². The van der Waals surface area contributed by atoms with Crippen LogP contribution in [0.2, 0.25) is 0 Å². The van der Waals surface area contributed by atoms with Crippen molar-refractivity contribution in [2.24, 2.45) is 5.73 Å².